The number of nitrogens with one attached hydrogen (secondary N) is 1. The van der Waals surface area contributed by atoms with Crippen LogP contribution in [0.2, 0.25) is 0 Å². The molecule has 1 aliphatic rings. The maximum atomic E-state index is 7.05. The van der Waals surface area contributed by atoms with Gasteiger partial charge < -0.3 is 9.64 Å². The number of ether oxygens (including phenoxy) is 1. The molecule has 1 saturated heterocycles. The zero-order valence-corrected chi connectivity index (χ0v) is 11.5. The van der Waals surface area contributed by atoms with Crippen molar-refractivity contribution in [3.8, 4) is 0 Å². The largest absolute Gasteiger partial charge is 0.378 e. The van der Waals surface area contributed by atoms with E-state index in [4.69, 9.17) is 10.3 Å². The quantitative estimate of drug-likeness (QED) is 0.669. The van der Waals surface area contributed by atoms with Gasteiger partial charge in [-0.15, -0.1) is 0 Å². The van der Waals surface area contributed by atoms with Crippen molar-refractivity contribution in [3.05, 3.63) is 35.9 Å². The van der Waals surface area contributed by atoms with E-state index >= 15 is 0 Å². The highest BCUT2D eigenvalue weighted by Gasteiger charge is 2.14. The third kappa shape index (κ3) is 2.93. The number of morpholine rings is 1. The molecule has 0 radical (unpaired) electrons. The Kier molecular flexibility index (Phi) is 4.16. The lowest BCUT2D eigenvalue weighted by molar-refractivity contribution is 0.0641. The normalized spacial score (nSPS) is 15.2. The molecule has 1 heterocycles. The molecule has 0 amide bonds. The Morgan fingerprint density at radius 2 is 2.11 bits per heavy atom. The van der Waals surface area contributed by atoms with Gasteiger partial charge in [-0.05, 0) is 30.2 Å². The van der Waals surface area contributed by atoms with Crippen molar-refractivity contribution in [2.45, 2.75) is 6.92 Å². The molecule has 5 nitrogen and oxygen atoms in total. The van der Waals surface area contributed by atoms with Crippen LogP contribution in [-0.4, -0.2) is 38.3 Å². The summed E-state index contributed by atoms with van der Waals surface area (Å²) in [5, 5.41) is 4.97. The van der Waals surface area contributed by atoms with Crippen molar-refractivity contribution in [3.63, 3.8) is 0 Å². The topological polar surface area (TPSA) is 51.9 Å². The van der Waals surface area contributed by atoms with Crippen LogP contribution in [-0.2, 0) is 4.74 Å². The summed E-state index contributed by atoms with van der Waals surface area (Å²) in [5.74, 6) is 0. The first kappa shape index (κ1) is 13.5. The van der Waals surface area contributed by atoms with E-state index < -0.39 is 0 Å². The van der Waals surface area contributed by atoms with Gasteiger partial charge in [0.15, 0.2) is 0 Å². The predicted octanol–water partition coefficient (Wildman–Crippen LogP) is 2.68. The van der Waals surface area contributed by atoms with Gasteiger partial charge in [-0.25, -0.2) is 0 Å². The number of aryl methyl sites for hydroxylation is 1. The first-order chi connectivity index (χ1) is 9.13. The predicted molar refractivity (Wildman–Crippen MR) is 76.2 cm³/mol. The molecule has 1 fully saturated rings. The van der Waals surface area contributed by atoms with Crippen molar-refractivity contribution in [1.82, 2.24) is 4.90 Å². The molecule has 0 atom stereocenters. The van der Waals surface area contributed by atoms with Gasteiger partial charge in [0, 0.05) is 25.8 Å². The number of benzene rings is 1. The molecule has 0 aromatic heterocycles. The number of rotatable bonds is 4. The van der Waals surface area contributed by atoms with Crippen molar-refractivity contribution < 1.29 is 4.74 Å². The molecular formula is C14H20N4O. The van der Waals surface area contributed by atoms with Crippen LogP contribution in [0, 0.1) is 12.5 Å². The maximum Gasteiger partial charge on any atom is 0.0642 e. The van der Waals surface area contributed by atoms with Crippen molar-refractivity contribution in [2.24, 2.45) is 5.22 Å². The first-order valence-corrected chi connectivity index (χ1v) is 6.37. The van der Waals surface area contributed by atoms with Gasteiger partial charge in [0.2, 0.25) is 0 Å². The van der Waals surface area contributed by atoms with Crippen LogP contribution in [0.3, 0.4) is 0 Å². The second-order valence-electron chi connectivity index (χ2n) is 4.67. The summed E-state index contributed by atoms with van der Waals surface area (Å²) in [6.45, 7) is 9.50. The number of hydrogen-bond acceptors (Lipinski definition) is 4. The maximum absolute atomic E-state index is 7.05. The molecule has 102 valence electrons. The van der Waals surface area contributed by atoms with E-state index in [0.717, 1.165) is 48.8 Å². The summed E-state index contributed by atoms with van der Waals surface area (Å²) in [5.41, 5.74) is 11.2. The molecule has 19 heavy (non-hydrogen) atoms. The molecule has 0 bridgehead atoms. The van der Waals surface area contributed by atoms with Crippen LogP contribution in [0.15, 0.2) is 30.0 Å². The van der Waals surface area contributed by atoms with E-state index in [1.807, 2.05) is 19.1 Å². The van der Waals surface area contributed by atoms with Crippen LogP contribution in [0.4, 0.5) is 5.69 Å². The lowest BCUT2D eigenvalue weighted by atomic mass is 10.1. The van der Waals surface area contributed by atoms with Crippen molar-refractivity contribution >= 4 is 11.4 Å². The second kappa shape index (κ2) is 5.84. The summed E-state index contributed by atoms with van der Waals surface area (Å²) in [6, 6.07) is 6.10. The Morgan fingerprint density at radius 1 is 1.42 bits per heavy atom. The average Bonchev–Trinajstić information content (AvgIpc) is 2.46. The molecule has 0 saturated carbocycles. The van der Waals surface area contributed by atoms with Crippen LogP contribution in [0.1, 0.15) is 11.1 Å². The zero-order valence-electron chi connectivity index (χ0n) is 11.5. The average molecular weight is 260 g/mol. The molecule has 1 aromatic carbocycles. The third-order valence-corrected chi connectivity index (χ3v) is 3.42. The fourth-order valence-corrected chi connectivity index (χ4v) is 2.27. The van der Waals surface area contributed by atoms with E-state index in [-0.39, 0.29) is 0 Å². The molecule has 0 aliphatic carbocycles. The van der Waals surface area contributed by atoms with Gasteiger partial charge in [-0.2, -0.15) is 5.53 Å². The first-order valence-electron chi connectivity index (χ1n) is 6.37. The standard InChI is InChI=1S/C14H20N4O/c1-11-10-13(4-5-14(11)17(3)16-15)12(2)18-6-8-19-9-7-18/h4-5,10,15H,2,6-9H2,1,3H3. The lowest BCUT2D eigenvalue weighted by Gasteiger charge is -2.31. The second-order valence-corrected chi connectivity index (χ2v) is 4.67. The minimum Gasteiger partial charge on any atom is -0.378 e. The molecule has 5 heteroatoms. The third-order valence-electron chi connectivity index (χ3n) is 3.42. The van der Waals surface area contributed by atoms with Gasteiger partial charge in [-0.1, -0.05) is 17.9 Å². The van der Waals surface area contributed by atoms with Crippen molar-refractivity contribution in [1.29, 1.82) is 5.53 Å². The SMILES string of the molecule is C=C(c1ccc(N(C)N=N)c(C)c1)N1CCOCC1. The number of anilines is 1. The Hall–Kier alpha value is -1.88. The summed E-state index contributed by atoms with van der Waals surface area (Å²) >= 11 is 0. The molecule has 1 N–H and O–H groups in total. The van der Waals surface area contributed by atoms with Gasteiger partial charge >= 0.3 is 0 Å². The van der Waals surface area contributed by atoms with Gasteiger partial charge in [-0.3, -0.25) is 5.01 Å². The smallest absolute Gasteiger partial charge is 0.0642 e. The minimum absolute atomic E-state index is 0.760. The molecule has 1 aliphatic heterocycles. The van der Waals surface area contributed by atoms with Crippen LogP contribution < -0.4 is 5.01 Å². The van der Waals surface area contributed by atoms with Gasteiger partial charge in [0.05, 0.1) is 18.9 Å². The van der Waals surface area contributed by atoms with E-state index in [9.17, 15) is 0 Å². The summed E-state index contributed by atoms with van der Waals surface area (Å²) in [7, 11) is 1.77. The molecule has 0 unspecified atom stereocenters. The fraction of sp³-hybridized carbons (Fsp3) is 0.429. The van der Waals surface area contributed by atoms with E-state index in [1.54, 1.807) is 12.1 Å². The van der Waals surface area contributed by atoms with Crippen LogP contribution in [0.5, 0.6) is 0 Å². The highest BCUT2D eigenvalue weighted by atomic mass is 16.5. The zero-order chi connectivity index (χ0) is 13.8. The molecule has 1 aromatic rings. The Morgan fingerprint density at radius 3 is 2.68 bits per heavy atom. The highest BCUT2D eigenvalue weighted by Crippen LogP contribution is 2.25. The summed E-state index contributed by atoms with van der Waals surface area (Å²) in [6.07, 6.45) is 0. The Bertz CT molecular complexity index is 480. The minimum atomic E-state index is 0.760. The monoisotopic (exact) mass is 260 g/mol. The summed E-state index contributed by atoms with van der Waals surface area (Å²) in [4.78, 5) is 2.25. The van der Waals surface area contributed by atoms with E-state index in [0.29, 0.717) is 0 Å². The molecule has 0 spiro atoms. The fourth-order valence-electron chi connectivity index (χ4n) is 2.27. The number of hydrogen-bond donors (Lipinski definition) is 1. The van der Waals surface area contributed by atoms with Gasteiger partial charge in [0.1, 0.15) is 0 Å². The van der Waals surface area contributed by atoms with Crippen LogP contribution in [0.25, 0.3) is 5.70 Å². The van der Waals surface area contributed by atoms with Crippen molar-refractivity contribution in [2.75, 3.05) is 38.4 Å². The lowest BCUT2D eigenvalue weighted by Crippen LogP contribution is -2.34. The van der Waals surface area contributed by atoms with E-state index in [1.165, 1.54) is 0 Å². The molecular weight excluding hydrogens is 240 g/mol. The number of nitrogens with zero attached hydrogens (tertiary/aromatic N) is 3. The highest BCUT2D eigenvalue weighted by molar-refractivity contribution is 5.66. The Balaban J connectivity index is 2.19. The van der Waals surface area contributed by atoms with E-state index in [2.05, 4.69) is 22.8 Å². The van der Waals surface area contributed by atoms with Crippen LogP contribution >= 0.6 is 0 Å². The van der Waals surface area contributed by atoms with Gasteiger partial charge in [0.25, 0.3) is 0 Å². The summed E-state index contributed by atoms with van der Waals surface area (Å²) < 4.78 is 5.35. The Labute approximate surface area is 113 Å². The molecule has 2 rings (SSSR count).